The number of nitro benzene ring substituents is 1. The Balaban J connectivity index is 2.46. The number of guanidine groups is 1. The Morgan fingerprint density at radius 2 is 2.09 bits per heavy atom. The maximum absolute atomic E-state index is 11.9. The zero-order valence-corrected chi connectivity index (χ0v) is 12.0. The number of hydrogen-bond donors (Lipinski definition) is 2. The Hall–Kier alpha value is -3.21. The first kappa shape index (κ1) is 15.2. The first-order valence-electron chi connectivity index (χ1n) is 6.40. The highest BCUT2D eigenvalue weighted by atomic mass is 16.6. The number of hydrogen-bond acceptors (Lipinski definition) is 7. The summed E-state index contributed by atoms with van der Waals surface area (Å²) < 4.78 is 0. The number of non-ortho nitro benzene ring substituents is 1. The normalized spacial score (nSPS) is 17.1. The van der Waals surface area contributed by atoms with Crippen LogP contribution >= 0.6 is 0 Å². The summed E-state index contributed by atoms with van der Waals surface area (Å²) in [6.45, 7) is 3.14. The van der Waals surface area contributed by atoms with Gasteiger partial charge in [0.25, 0.3) is 5.69 Å². The van der Waals surface area contributed by atoms with Crippen molar-refractivity contribution in [1.29, 1.82) is 5.26 Å². The predicted octanol–water partition coefficient (Wildman–Crippen LogP) is 1.53. The van der Waals surface area contributed by atoms with Crippen LogP contribution in [0.15, 0.2) is 40.5 Å². The third-order valence-corrected chi connectivity index (χ3v) is 3.21. The average molecular weight is 299 g/mol. The SMILES string of the molecule is CC(=O)C1=C(C)NC(NC#N)=N[C@@H]1c1ccc([N+](=O)[O-])cc1. The maximum Gasteiger partial charge on any atom is 0.269 e. The van der Waals surface area contributed by atoms with E-state index in [1.165, 1.54) is 19.1 Å². The van der Waals surface area contributed by atoms with Crippen LogP contribution < -0.4 is 10.6 Å². The number of carbonyl (C=O) groups excluding carboxylic acids is 1. The van der Waals surface area contributed by atoms with Crippen molar-refractivity contribution in [3.8, 4) is 6.19 Å². The molecule has 1 aliphatic heterocycles. The van der Waals surface area contributed by atoms with Crippen LogP contribution in [-0.2, 0) is 4.79 Å². The van der Waals surface area contributed by atoms with Crippen molar-refractivity contribution < 1.29 is 9.72 Å². The van der Waals surface area contributed by atoms with Crippen molar-refractivity contribution in [2.45, 2.75) is 19.9 Å². The Morgan fingerprint density at radius 3 is 2.59 bits per heavy atom. The zero-order chi connectivity index (χ0) is 16.3. The number of rotatable bonds is 3. The van der Waals surface area contributed by atoms with E-state index in [1.807, 2.05) is 0 Å². The van der Waals surface area contributed by atoms with Crippen LogP contribution in [0.4, 0.5) is 5.69 Å². The molecule has 0 spiro atoms. The highest BCUT2D eigenvalue weighted by Gasteiger charge is 2.27. The molecule has 0 aromatic heterocycles. The van der Waals surface area contributed by atoms with Crippen LogP contribution in [0.25, 0.3) is 0 Å². The third-order valence-electron chi connectivity index (χ3n) is 3.21. The molecule has 8 heteroatoms. The van der Waals surface area contributed by atoms with Crippen LogP contribution in [0.2, 0.25) is 0 Å². The van der Waals surface area contributed by atoms with Crippen molar-refractivity contribution in [3.63, 3.8) is 0 Å². The van der Waals surface area contributed by atoms with Gasteiger partial charge < -0.3 is 5.32 Å². The fourth-order valence-electron chi connectivity index (χ4n) is 2.27. The lowest BCUT2D eigenvalue weighted by atomic mass is 9.94. The van der Waals surface area contributed by atoms with E-state index in [4.69, 9.17) is 5.26 Å². The summed E-state index contributed by atoms with van der Waals surface area (Å²) in [7, 11) is 0. The second-order valence-electron chi connectivity index (χ2n) is 4.69. The van der Waals surface area contributed by atoms with Gasteiger partial charge in [-0.15, -0.1) is 0 Å². The van der Waals surface area contributed by atoms with E-state index in [9.17, 15) is 14.9 Å². The molecule has 8 nitrogen and oxygen atoms in total. The Bertz CT molecular complexity index is 728. The smallest absolute Gasteiger partial charge is 0.269 e. The molecule has 0 saturated carbocycles. The number of aliphatic imine (C=N–C) groups is 1. The molecule has 0 saturated heterocycles. The van der Waals surface area contributed by atoms with Gasteiger partial charge in [-0.05, 0) is 31.5 Å². The molecule has 0 bridgehead atoms. The van der Waals surface area contributed by atoms with Gasteiger partial charge in [-0.3, -0.25) is 20.2 Å². The topological polar surface area (TPSA) is 120 Å². The Labute approximate surface area is 126 Å². The Kier molecular flexibility index (Phi) is 4.18. The molecule has 112 valence electrons. The molecule has 1 heterocycles. The number of allylic oxidation sites excluding steroid dienone is 1. The van der Waals surface area contributed by atoms with Crippen LogP contribution in [-0.4, -0.2) is 16.7 Å². The molecule has 0 amide bonds. The van der Waals surface area contributed by atoms with Gasteiger partial charge in [0.1, 0.15) is 6.04 Å². The van der Waals surface area contributed by atoms with Crippen molar-refractivity contribution in [1.82, 2.24) is 10.6 Å². The van der Waals surface area contributed by atoms with E-state index in [2.05, 4.69) is 15.6 Å². The molecule has 0 radical (unpaired) electrons. The third kappa shape index (κ3) is 2.93. The molecule has 1 aromatic rings. The van der Waals surface area contributed by atoms with E-state index < -0.39 is 11.0 Å². The maximum atomic E-state index is 11.9. The van der Waals surface area contributed by atoms with Gasteiger partial charge >= 0.3 is 0 Å². The number of nitrogens with zero attached hydrogens (tertiary/aromatic N) is 3. The second kappa shape index (κ2) is 6.05. The van der Waals surface area contributed by atoms with Gasteiger partial charge in [-0.1, -0.05) is 0 Å². The van der Waals surface area contributed by atoms with Crippen LogP contribution in [0.1, 0.15) is 25.5 Å². The fourth-order valence-corrected chi connectivity index (χ4v) is 2.27. The summed E-state index contributed by atoms with van der Waals surface area (Å²) >= 11 is 0. The van der Waals surface area contributed by atoms with Gasteiger partial charge in [-0.25, -0.2) is 4.99 Å². The predicted molar refractivity (Wildman–Crippen MR) is 78.5 cm³/mol. The molecule has 2 rings (SSSR count). The molecule has 2 N–H and O–H groups in total. The lowest BCUT2D eigenvalue weighted by Gasteiger charge is -2.25. The van der Waals surface area contributed by atoms with Crippen LogP contribution in [0.3, 0.4) is 0 Å². The van der Waals surface area contributed by atoms with Gasteiger partial charge in [-0.2, -0.15) is 5.26 Å². The van der Waals surface area contributed by atoms with E-state index in [0.29, 0.717) is 16.8 Å². The molecular formula is C14H13N5O3. The van der Waals surface area contributed by atoms with Crippen molar-refractivity contribution in [2.24, 2.45) is 4.99 Å². The first-order chi connectivity index (χ1) is 10.4. The van der Waals surface area contributed by atoms with E-state index in [0.717, 1.165) is 0 Å². The zero-order valence-electron chi connectivity index (χ0n) is 12.0. The largest absolute Gasteiger partial charge is 0.329 e. The van der Waals surface area contributed by atoms with Gasteiger partial charge in [0.05, 0.1) is 4.92 Å². The molecule has 1 atom stereocenters. The summed E-state index contributed by atoms with van der Waals surface area (Å²) in [6.07, 6.45) is 1.76. The Morgan fingerprint density at radius 1 is 1.45 bits per heavy atom. The molecule has 1 aromatic carbocycles. The minimum atomic E-state index is -0.615. The molecular weight excluding hydrogens is 286 g/mol. The lowest BCUT2D eigenvalue weighted by Crippen LogP contribution is -2.38. The molecule has 0 fully saturated rings. The van der Waals surface area contributed by atoms with E-state index in [-0.39, 0.29) is 17.4 Å². The number of ketones is 1. The second-order valence-corrected chi connectivity index (χ2v) is 4.69. The van der Waals surface area contributed by atoms with Crippen molar-refractivity contribution >= 4 is 17.4 Å². The number of nitro groups is 1. The minimum Gasteiger partial charge on any atom is -0.329 e. The first-order valence-corrected chi connectivity index (χ1v) is 6.40. The van der Waals surface area contributed by atoms with Crippen molar-refractivity contribution in [2.75, 3.05) is 0 Å². The standard InChI is InChI=1S/C14H13N5O3/c1-8-12(9(2)20)13(18-14(17-8)16-7-15)10-3-5-11(6-4-10)19(21)22/h3-6,13H,1-2H3,(H2,16,17,18)/t13-/m1/s1. The van der Waals surface area contributed by atoms with Gasteiger partial charge in [0.15, 0.2) is 12.0 Å². The highest BCUT2D eigenvalue weighted by molar-refractivity contribution is 5.98. The minimum absolute atomic E-state index is 0.0397. The molecule has 1 aliphatic rings. The van der Waals surface area contributed by atoms with Gasteiger partial charge in [0.2, 0.25) is 5.96 Å². The van der Waals surface area contributed by atoms with Crippen LogP contribution in [0, 0.1) is 21.6 Å². The quantitative estimate of drug-likeness (QED) is 0.378. The monoisotopic (exact) mass is 299 g/mol. The number of Topliss-reactive ketones (excluding diaryl/α,β-unsaturated/α-hetero) is 1. The number of benzene rings is 1. The number of nitriles is 1. The van der Waals surface area contributed by atoms with E-state index in [1.54, 1.807) is 25.2 Å². The highest BCUT2D eigenvalue weighted by Crippen LogP contribution is 2.31. The van der Waals surface area contributed by atoms with E-state index >= 15 is 0 Å². The molecule has 22 heavy (non-hydrogen) atoms. The van der Waals surface area contributed by atoms with Gasteiger partial charge in [0, 0.05) is 23.4 Å². The number of nitrogens with one attached hydrogen (secondary N) is 2. The van der Waals surface area contributed by atoms with Crippen molar-refractivity contribution in [3.05, 3.63) is 51.2 Å². The molecule has 0 unspecified atom stereocenters. The summed E-state index contributed by atoms with van der Waals surface area (Å²) in [5, 5.41) is 24.6. The average Bonchev–Trinajstić information content (AvgIpc) is 2.46. The van der Waals surface area contributed by atoms with Crippen LogP contribution in [0.5, 0.6) is 0 Å². The summed E-state index contributed by atoms with van der Waals surface area (Å²) in [5.41, 5.74) is 1.64. The molecule has 0 aliphatic carbocycles. The lowest BCUT2D eigenvalue weighted by molar-refractivity contribution is -0.384. The fraction of sp³-hybridized carbons (Fsp3) is 0.214. The summed E-state index contributed by atoms with van der Waals surface area (Å²) in [5.74, 6) is 0.0708. The summed E-state index contributed by atoms with van der Waals surface area (Å²) in [4.78, 5) is 26.4. The number of carbonyl (C=O) groups is 1. The summed E-state index contributed by atoms with van der Waals surface area (Å²) in [6, 6.07) is 5.21.